The minimum absolute atomic E-state index is 0.0169. The third-order valence-corrected chi connectivity index (χ3v) is 8.35. The number of benzene rings is 2. The first-order valence-corrected chi connectivity index (χ1v) is 15.9. The molecule has 0 saturated carbocycles. The summed E-state index contributed by atoms with van der Waals surface area (Å²) in [5, 5.41) is 7.60. The van der Waals surface area contributed by atoms with E-state index in [-0.39, 0.29) is 40.3 Å². The molecular formula is C30H28Cl2F3N5O4S. The van der Waals surface area contributed by atoms with Gasteiger partial charge in [0.05, 0.1) is 28.6 Å². The number of carbonyl (C=O) groups is 2. The smallest absolute Gasteiger partial charge is 0.350 e. The maximum absolute atomic E-state index is 13.8. The fourth-order valence-corrected chi connectivity index (χ4v) is 6.18. The van der Waals surface area contributed by atoms with Gasteiger partial charge in [0.25, 0.3) is 5.91 Å². The van der Waals surface area contributed by atoms with E-state index in [2.05, 4.69) is 20.1 Å². The van der Waals surface area contributed by atoms with Crippen LogP contribution in [0.25, 0.3) is 5.82 Å². The quantitative estimate of drug-likeness (QED) is 0.185. The van der Waals surface area contributed by atoms with Gasteiger partial charge in [-0.25, -0.2) is 22.8 Å². The summed E-state index contributed by atoms with van der Waals surface area (Å²) in [4.78, 5) is 31.0. The Hall–Kier alpha value is -3.78. The van der Waals surface area contributed by atoms with Gasteiger partial charge in [0.15, 0.2) is 11.6 Å². The predicted molar refractivity (Wildman–Crippen MR) is 164 cm³/mol. The van der Waals surface area contributed by atoms with Crippen LogP contribution >= 0.6 is 23.2 Å². The molecule has 238 valence electrons. The number of amides is 1. The molecule has 45 heavy (non-hydrogen) atoms. The summed E-state index contributed by atoms with van der Waals surface area (Å²) in [6.07, 6.45) is -3.56. The Labute approximate surface area is 267 Å². The zero-order valence-corrected chi connectivity index (χ0v) is 26.6. The van der Waals surface area contributed by atoms with Gasteiger partial charge < -0.3 is 5.32 Å². The fraction of sp³-hybridized carbons (Fsp3) is 0.267. The third-order valence-electron chi connectivity index (χ3n) is 6.57. The van der Waals surface area contributed by atoms with Crippen molar-refractivity contribution in [3.05, 3.63) is 110 Å². The van der Waals surface area contributed by atoms with E-state index < -0.39 is 51.3 Å². The molecule has 9 nitrogen and oxygen atoms in total. The molecule has 4 rings (SSSR count). The first kappa shape index (κ1) is 34.1. The molecule has 15 heteroatoms. The van der Waals surface area contributed by atoms with Crippen molar-refractivity contribution >= 4 is 44.9 Å². The number of rotatable bonds is 11. The van der Waals surface area contributed by atoms with E-state index >= 15 is 0 Å². The summed E-state index contributed by atoms with van der Waals surface area (Å²) in [6.45, 7) is 4.85. The van der Waals surface area contributed by atoms with Crippen molar-refractivity contribution in [3.8, 4) is 5.82 Å². The van der Waals surface area contributed by atoms with Crippen LogP contribution in [-0.4, -0.2) is 40.9 Å². The molecule has 0 aliphatic rings. The first-order valence-electron chi connectivity index (χ1n) is 13.5. The summed E-state index contributed by atoms with van der Waals surface area (Å²) in [5.41, 5.74) is -0.191. The number of halogens is 5. The van der Waals surface area contributed by atoms with Crippen LogP contribution in [0.15, 0.2) is 60.8 Å². The number of hydrogen-bond acceptors (Lipinski definition) is 6. The second-order valence-electron chi connectivity index (χ2n) is 10.5. The maximum atomic E-state index is 13.8. The van der Waals surface area contributed by atoms with Crippen LogP contribution in [-0.2, 0) is 34.9 Å². The molecule has 2 aromatic heterocycles. The monoisotopic (exact) mass is 681 g/mol. The van der Waals surface area contributed by atoms with Crippen molar-refractivity contribution in [2.75, 3.05) is 0 Å². The average molecular weight is 683 g/mol. The Morgan fingerprint density at radius 2 is 1.76 bits per heavy atom. The highest BCUT2D eigenvalue weighted by Gasteiger charge is 2.34. The Bertz CT molecular complexity index is 1860. The van der Waals surface area contributed by atoms with E-state index in [0.29, 0.717) is 16.1 Å². The highest BCUT2D eigenvalue weighted by molar-refractivity contribution is 7.88. The molecular weight excluding hydrogens is 654 g/mol. The van der Waals surface area contributed by atoms with Crippen LogP contribution in [0.1, 0.15) is 62.6 Å². The second kappa shape index (κ2) is 13.7. The van der Waals surface area contributed by atoms with Gasteiger partial charge in [-0.15, -0.1) is 0 Å². The van der Waals surface area contributed by atoms with Crippen molar-refractivity contribution in [1.82, 2.24) is 24.8 Å². The fourth-order valence-electron chi connectivity index (χ4n) is 4.57. The lowest BCUT2D eigenvalue weighted by molar-refractivity contribution is -0.138. The van der Waals surface area contributed by atoms with Gasteiger partial charge in [0.2, 0.25) is 10.0 Å². The van der Waals surface area contributed by atoms with E-state index in [1.165, 1.54) is 36.5 Å². The number of hydrogen-bond donors (Lipinski definition) is 2. The van der Waals surface area contributed by atoms with Crippen LogP contribution in [0.2, 0.25) is 10.0 Å². The van der Waals surface area contributed by atoms with Gasteiger partial charge >= 0.3 is 6.18 Å². The Kier molecular flexibility index (Phi) is 10.4. The Morgan fingerprint density at radius 3 is 2.42 bits per heavy atom. The summed E-state index contributed by atoms with van der Waals surface area (Å²) < 4.78 is 69.3. The van der Waals surface area contributed by atoms with Crippen molar-refractivity contribution in [3.63, 3.8) is 0 Å². The number of sulfonamides is 1. The number of aromatic nitrogens is 3. The zero-order chi connectivity index (χ0) is 33.1. The number of ketones is 1. The molecule has 0 fully saturated rings. The molecule has 2 heterocycles. The summed E-state index contributed by atoms with van der Waals surface area (Å²) in [6, 6.07) is 11.7. The molecule has 0 aliphatic carbocycles. The second-order valence-corrected chi connectivity index (χ2v) is 13.1. The first-order chi connectivity index (χ1) is 21.1. The standard InChI is InChI=1S/C30H28Cl2F3N5O4S/c1-17(2)38-29(42)23-12-20(31)11-18(3)22(23)14-27(41)26-13-21(39-40(26)28-25(32)9-6-10-36-28)15-37-45(43,44)16-19-7-4-5-8-24(19)30(33,34)35/h4-13,17,37H,14-16H2,1-3H3,(H,38,42). The summed E-state index contributed by atoms with van der Waals surface area (Å²) >= 11 is 12.6. The molecule has 0 aliphatic heterocycles. The average Bonchev–Trinajstić information content (AvgIpc) is 3.37. The lowest BCUT2D eigenvalue weighted by Gasteiger charge is -2.15. The molecule has 1 amide bonds. The lowest BCUT2D eigenvalue weighted by Crippen LogP contribution is -2.31. The maximum Gasteiger partial charge on any atom is 0.416 e. The molecule has 0 atom stereocenters. The topological polar surface area (TPSA) is 123 Å². The minimum atomic E-state index is -4.74. The van der Waals surface area contributed by atoms with Crippen LogP contribution in [0.5, 0.6) is 0 Å². The number of carbonyl (C=O) groups excluding carboxylic acids is 2. The zero-order valence-electron chi connectivity index (χ0n) is 24.2. The van der Waals surface area contributed by atoms with Gasteiger partial charge in [-0.3, -0.25) is 9.59 Å². The summed E-state index contributed by atoms with van der Waals surface area (Å²) in [7, 11) is -4.28. The number of nitrogens with one attached hydrogen (secondary N) is 2. The van der Waals surface area contributed by atoms with Crippen molar-refractivity contribution < 1.29 is 31.2 Å². The van der Waals surface area contributed by atoms with Gasteiger partial charge in [-0.05, 0) is 73.9 Å². The van der Waals surface area contributed by atoms with Crippen molar-refractivity contribution in [1.29, 1.82) is 0 Å². The van der Waals surface area contributed by atoms with Gasteiger partial charge in [-0.2, -0.15) is 18.3 Å². The highest BCUT2D eigenvalue weighted by Crippen LogP contribution is 2.32. The molecule has 0 unspecified atom stereocenters. The predicted octanol–water partition coefficient (Wildman–Crippen LogP) is 6.08. The van der Waals surface area contributed by atoms with Crippen LogP contribution in [0.4, 0.5) is 13.2 Å². The number of nitrogens with zero attached hydrogens (tertiary/aromatic N) is 3. The summed E-state index contributed by atoms with van der Waals surface area (Å²) in [5.74, 6) is -1.76. The Balaban J connectivity index is 1.67. The van der Waals surface area contributed by atoms with Gasteiger partial charge in [-0.1, -0.05) is 41.4 Å². The highest BCUT2D eigenvalue weighted by atomic mass is 35.5. The van der Waals surface area contributed by atoms with Crippen molar-refractivity contribution in [2.24, 2.45) is 0 Å². The van der Waals surface area contributed by atoms with Crippen LogP contribution in [0, 0.1) is 6.92 Å². The molecule has 0 bridgehead atoms. The molecule has 0 spiro atoms. The number of alkyl halides is 3. The van der Waals surface area contributed by atoms with E-state index in [1.807, 2.05) is 0 Å². The molecule has 0 saturated heterocycles. The third kappa shape index (κ3) is 8.48. The minimum Gasteiger partial charge on any atom is -0.350 e. The van der Waals surface area contributed by atoms with E-state index in [0.717, 1.165) is 16.8 Å². The van der Waals surface area contributed by atoms with Crippen LogP contribution < -0.4 is 10.0 Å². The Morgan fingerprint density at radius 1 is 1.04 bits per heavy atom. The number of pyridine rings is 1. The van der Waals surface area contributed by atoms with E-state index in [9.17, 15) is 31.2 Å². The van der Waals surface area contributed by atoms with Crippen LogP contribution in [0.3, 0.4) is 0 Å². The molecule has 4 aromatic rings. The largest absolute Gasteiger partial charge is 0.416 e. The van der Waals surface area contributed by atoms with Gasteiger partial charge in [0.1, 0.15) is 5.69 Å². The lowest BCUT2D eigenvalue weighted by atomic mass is 9.95. The number of aryl methyl sites for hydroxylation is 1. The molecule has 2 aromatic carbocycles. The normalized spacial score (nSPS) is 12.0. The number of Topliss-reactive ketones (excluding diaryl/α,β-unsaturated/α-hetero) is 1. The van der Waals surface area contributed by atoms with E-state index in [1.54, 1.807) is 32.9 Å². The molecule has 0 radical (unpaired) electrons. The SMILES string of the molecule is Cc1cc(Cl)cc(C(=O)NC(C)C)c1CC(=O)c1cc(CNS(=O)(=O)Cc2ccccc2C(F)(F)F)nn1-c1ncccc1Cl. The molecule has 2 N–H and O–H groups in total. The van der Waals surface area contributed by atoms with Crippen molar-refractivity contribution in [2.45, 2.75) is 51.7 Å². The van der Waals surface area contributed by atoms with Gasteiger partial charge in [0, 0.05) is 29.2 Å². The van der Waals surface area contributed by atoms with E-state index in [4.69, 9.17) is 23.2 Å².